The largest absolute Gasteiger partial charge is 0.396 e. The van der Waals surface area contributed by atoms with Crippen molar-refractivity contribution in [1.29, 1.82) is 0 Å². The first kappa shape index (κ1) is 16.2. The number of carbonyl (C=O) groups is 1. The highest BCUT2D eigenvalue weighted by Crippen LogP contribution is 2.21. The Labute approximate surface area is 129 Å². The van der Waals surface area contributed by atoms with Crippen LogP contribution in [-0.4, -0.2) is 24.2 Å². The fourth-order valence-electron chi connectivity index (χ4n) is 2.26. The number of halogens is 1. The van der Waals surface area contributed by atoms with Gasteiger partial charge >= 0.3 is 0 Å². The predicted molar refractivity (Wildman–Crippen MR) is 84.1 cm³/mol. The number of hydrogen-bond donors (Lipinski definition) is 2. The van der Waals surface area contributed by atoms with Crippen molar-refractivity contribution in [2.24, 2.45) is 5.41 Å². The first-order chi connectivity index (χ1) is 10.5. The monoisotopic (exact) mass is 301 g/mol. The van der Waals surface area contributed by atoms with E-state index in [0.29, 0.717) is 18.5 Å². The Hall–Kier alpha value is -2.20. The molecule has 2 rings (SSSR count). The smallest absolute Gasteiger partial charge is 0.251 e. The van der Waals surface area contributed by atoms with E-state index in [9.17, 15) is 14.3 Å². The van der Waals surface area contributed by atoms with Gasteiger partial charge in [0.15, 0.2) is 0 Å². The summed E-state index contributed by atoms with van der Waals surface area (Å²) in [5.74, 6) is -0.645. The third kappa shape index (κ3) is 4.40. The van der Waals surface area contributed by atoms with Gasteiger partial charge in [0.05, 0.1) is 6.61 Å². The Morgan fingerprint density at radius 2 is 1.77 bits per heavy atom. The van der Waals surface area contributed by atoms with Gasteiger partial charge in [0.1, 0.15) is 5.82 Å². The molecule has 2 aromatic rings. The lowest BCUT2D eigenvalue weighted by molar-refractivity contribution is 0.0895. The van der Waals surface area contributed by atoms with Crippen LogP contribution in [0.3, 0.4) is 0 Å². The molecule has 0 unspecified atom stereocenters. The van der Waals surface area contributed by atoms with Crippen molar-refractivity contribution >= 4 is 5.91 Å². The van der Waals surface area contributed by atoms with Crippen LogP contribution in [0.4, 0.5) is 4.39 Å². The van der Waals surface area contributed by atoms with Crippen LogP contribution in [0, 0.1) is 11.2 Å². The molecule has 1 atom stereocenters. The van der Waals surface area contributed by atoms with E-state index in [1.807, 2.05) is 37.3 Å². The maximum atomic E-state index is 12.9. The molecule has 0 aliphatic rings. The zero-order valence-corrected chi connectivity index (χ0v) is 12.6. The van der Waals surface area contributed by atoms with E-state index in [-0.39, 0.29) is 18.3 Å². The Morgan fingerprint density at radius 1 is 1.14 bits per heavy atom. The van der Waals surface area contributed by atoms with Crippen molar-refractivity contribution in [2.75, 3.05) is 13.2 Å². The number of aliphatic hydroxyl groups excluding tert-OH is 1. The number of amides is 1. The second-order valence-electron chi connectivity index (χ2n) is 5.82. The summed E-state index contributed by atoms with van der Waals surface area (Å²) in [7, 11) is 0. The van der Waals surface area contributed by atoms with Crippen molar-refractivity contribution in [3.8, 4) is 0 Å². The van der Waals surface area contributed by atoms with Gasteiger partial charge in [0, 0.05) is 17.5 Å². The highest BCUT2D eigenvalue weighted by atomic mass is 19.1. The summed E-state index contributed by atoms with van der Waals surface area (Å²) in [5.41, 5.74) is 1.06. The van der Waals surface area contributed by atoms with E-state index < -0.39 is 5.41 Å². The standard InChI is InChI=1S/C18H20FNO2/c1-18(13-21,11-14-5-3-2-4-6-14)12-20-17(22)15-7-9-16(19)10-8-15/h2-10,21H,11-13H2,1H3,(H,20,22)/t18-/m1/s1. The molecule has 3 nitrogen and oxygen atoms in total. The summed E-state index contributed by atoms with van der Waals surface area (Å²) in [5, 5.41) is 12.5. The van der Waals surface area contributed by atoms with Crippen molar-refractivity contribution < 1.29 is 14.3 Å². The van der Waals surface area contributed by atoms with E-state index >= 15 is 0 Å². The molecule has 0 radical (unpaired) electrons. The van der Waals surface area contributed by atoms with Gasteiger partial charge in [-0.15, -0.1) is 0 Å². The zero-order valence-electron chi connectivity index (χ0n) is 12.6. The first-order valence-corrected chi connectivity index (χ1v) is 7.21. The summed E-state index contributed by atoms with van der Waals surface area (Å²) in [6.45, 7) is 2.23. The van der Waals surface area contributed by atoms with Crippen LogP contribution >= 0.6 is 0 Å². The molecule has 0 fully saturated rings. The maximum absolute atomic E-state index is 12.9. The minimum atomic E-state index is -0.447. The van der Waals surface area contributed by atoms with Crippen LogP contribution in [0.5, 0.6) is 0 Å². The summed E-state index contributed by atoms with van der Waals surface area (Å²) in [4.78, 5) is 12.1. The number of carbonyl (C=O) groups excluding carboxylic acids is 1. The topological polar surface area (TPSA) is 49.3 Å². The minimum Gasteiger partial charge on any atom is -0.396 e. The minimum absolute atomic E-state index is 0.0361. The second kappa shape index (κ2) is 7.18. The van der Waals surface area contributed by atoms with Gasteiger partial charge in [-0.25, -0.2) is 4.39 Å². The van der Waals surface area contributed by atoms with E-state index in [2.05, 4.69) is 5.32 Å². The van der Waals surface area contributed by atoms with Crippen molar-refractivity contribution in [2.45, 2.75) is 13.3 Å². The number of benzene rings is 2. The molecule has 0 heterocycles. The van der Waals surface area contributed by atoms with E-state index in [4.69, 9.17) is 0 Å². The van der Waals surface area contributed by atoms with Gasteiger partial charge < -0.3 is 10.4 Å². The molecular weight excluding hydrogens is 281 g/mol. The molecule has 0 saturated carbocycles. The molecule has 22 heavy (non-hydrogen) atoms. The Bertz CT molecular complexity index is 613. The number of rotatable bonds is 6. The maximum Gasteiger partial charge on any atom is 0.251 e. The SMILES string of the molecule is C[C@](CO)(CNC(=O)c1ccc(F)cc1)Cc1ccccc1. The highest BCUT2D eigenvalue weighted by molar-refractivity contribution is 5.94. The second-order valence-corrected chi connectivity index (χ2v) is 5.82. The van der Waals surface area contributed by atoms with Crippen molar-refractivity contribution in [1.82, 2.24) is 5.32 Å². The van der Waals surface area contributed by atoms with Gasteiger partial charge in [-0.1, -0.05) is 37.3 Å². The first-order valence-electron chi connectivity index (χ1n) is 7.21. The van der Waals surface area contributed by atoms with E-state index in [0.717, 1.165) is 5.56 Å². The Morgan fingerprint density at radius 3 is 2.36 bits per heavy atom. The molecule has 0 aliphatic heterocycles. The van der Waals surface area contributed by atoms with Crippen LogP contribution in [-0.2, 0) is 6.42 Å². The number of aliphatic hydroxyl groups is 1. The summed E-state index contributed by atoms with van der Waals surface area (Å²) >= 11 is 0. The average Bonchev–Trinajstić information content (AvgIpc) is 2.54. The Balaban J connectivity index is 1.97. The third-order valence-corrected chi connectivity index (χ3v) is 3.64. The summed E-state index contributed by atoms with van der Waals surface area (Å²) < 4.78 is 12.9. The molecule has 4 heteroatoms. The van der Waals surface area contributed by atoms with Gasteiger partial charge in [-0.05, 0) is 36.2 Å². The molecular formula is C18H20FNO2. The lowest BCUT2D eigenvalue weighted by atomic mass is 9.84. The van der Waals surface area contributed by atoms with Gasteiger partial charge in [0.25, 0.3) is 5.91 Å². The van der Waals surface area contributed by atoms with Crippen LogP contribution in [0.1, 0.15) is 22.8 Å². The van der Waals surface area contributed by atoms with Crippen LogP contribution in [0.15, 0.2) is 54.6 Å². The fraction of sp³-hybridized carbons (Fsp3) is 0.278. The quantitative estimate of drug-likeness (QED) is 0.862. The number of nitrogens with one attached hydrogen (secondary N) is 1. The number of hydrogen-bond acceptors (Lipinski definition) is 2. The normalized spacial score (nSPS) is 13.4. The summed E-state index contributed by atoms with van der Waals surface area (Å²) in [6.07, 6.45) is 0.661. The van der Waals surface area contributed by atoms with E-state index in [1.165, 1.54) is 24.3 Å². The highest BCUT2D eigenvalue weighted by Gasteiger charge is 2.25. The van der Waals surface area contributed by atoms with Crippen LogP contribution < -0.4 is 5.32 Å². The zero-order chi connectivity index (χ0) is 16.0. The lowest BCUT2D eigenvalue weighted by Crippen LogP contribution is -2.39. The molecule has 0 saturated heterocycles. The van der Waals surface area contributed by atoms with Crippen molar-refractivity contribution in [3.63, 3.8) is 0 Å². The van der Waals surface area contributed by atoms with Gasteiger partial charge in [-0.2, -0.15) is 0 Å². The Kier molecular flexibility index (Phi) is 5.28. The fourth-order valence-corrected chi connectivity index (χ4v) is 2.26. The van der Waals surface area contributed by atoms with Crippen molar-refractivity contribution in [3.05, 3.63) is 71.5 Å². The molecule has 0 aromatic heterocycles. The summed E-state index contributed by atoms with van der Waals surface area (Å²) in [6, 6.07) is 15.2. The third-order valence-electron chi connectivity index (χ3n) is 3.64. The molecule has 1 amide bonds. The van der Waals surface area contributed by atoms with Crippen LogP contribution in [0.2, 0.25) is 0 Å². The lowest BCUT2D eigenvalue weighted by Gasteiger charge is -2.27. The molecule has 0 bridgehead atoms. The van der Waals surface area contributed by atoms with Gasteiger partial charge in [-0.3, -0.25) is 4.79 Å². The molecule has 0 aliphatic carbocycles. The van der Waals surface area contributed by atoms with Gasteiger partial charge in [0.2, 0.25) is 0 Å². The molecule has 2 N–H and O–H groups in total. The average molecular weight is 301 g/mol. The molecule has 2 aromatic carbocycles. The van der Waals surface area contributed by atoms with Crippen LogP contribution in [0.25, 0.3) is 0 Å². The predicted octanol–water partition coefficient (Wildman–Crippen LogP) is 2.80. The molecule has 0 spiro atoms. The van der Waals surface area contributed by atoms with E-state index in [1.54, 1.807) is 0 Å². The molecule has 116 valence electrons.